The summed E-state index contributed by atoms with van der Waals surface area (Å²) >= 11 is 0. The first-order chi connectivity index (χ1) is 7.47. The van der Waals surface area contributed by atoms with Gasteiger partial charge in [-0.2, -0.15) is 0 Å². The first-order valence-electron chi connectivity index (χ1n) is 5.21. The molecule has 0 heterocycles. The van der Waals surface area contributed by atoms with Crippen molar-refractivity contribution < 1.29 is 9.90 Å². The van der Waals surface area contributed by atoms with Gasteiger partial charge < -0.3 is 15.7 Å². The van der Waals surface area contributed by atoms with Crippen LogP contribution in [0.25, 0.3) is 0 Å². The van der Waals surface area contributed by atoms with Gasteiger partial charge in [-0.15, -0.1) is 0 Å². The van der Waals surface area contributed by atoms with Gasteiger partial charge in [-0.3, -0.25) is 4.79 Å². The normalized spacial score (nSPS) is 11.2. The zero-order valence-corrected chi connectivity index (χ0v) is 9.87. The summed E-state index contributed by atoms with van der Waals surface area (Å²) in [6, 6.07) is 6.95. The van der Waals surface area contributed by atoms with E-state index < -0.39 is 5.54 Å². The number of phenols is 1. The highest BCUT2D eigenvalue weighted by atomic mass is 16.3. The van der Waals surface area contributed by atoms with Crippen LogP contribution >= 0.6 is 0 Å². The number of amides is 1. The van der Waals surface area contributed by atoms with Gasteiger partial charge in [0.15, 0.2) is 0 Å². The summed E-state index contributed by atoms with van der Waals surface area (Å²) in [6.45, 7) is 3.93. The van der Waals surface area contributed by atoms with Gasteiger partial charge in [0.1, 0.15) is 5.75 Å². The van der Waals surface area contributed by atoms with Crippen molar-refractivity contribution in [2.75, 3.05) is 7.05 Å². The first-order valence-corrected chi connectivity index (χ1v) is 5.21. The summed E-state index contributed by atoms with van der Waals surface area (Å²) < 4.78 is 0. The van der Waals surface area contributed by atoms with Crippen LogP contribution in [0.2, 0.25) is 0 Å². The Hall–Kier alpha value is -1.55. The Morgan fingerprint density at radius 3 is 2.56 bits per heavy atom. The predicted molar refractivity (Wildman–Crippen MR) is 63.1 cm³/mol. The van der Waals surface area contributed by atoms with E-state index in [1.165, 1.54) is 0 Å². The number of para-hydroxylation sites is 1. The zero-order chi connectivity index (χ0) is 12.2. The van der Waals surface area contributed by atoms with Crippen LogP contribution in [-0.4, -0.2) is 23.6 Å². The highest BCUT2D eigenvalue weighted by molar-refractivity contribution is 5.85. The number of nitrogens with one attached hydrogen (secondary N) is 2. The molecule has 0 aliphatic heterocycles. The first kappa shape index (κ1) is 12.5. The van der Waals surface area contributed by atoms with Gasteiger partial charge in [0.05, 0.1) is 5.54 Å². The summed E-state index contributed by atoms with van der Waals surface area (Å²) in [5.74, 6) is 0.100. The number of benzene rings is 1. The van der Waals surface area contributed by atoms with Gasteiger partial charge >= 0.3 is 0 Å². The highest BCUT2D eigenvalue weighted by Crippen LogP contribution is 2.15. The van der Waals surface area contributed by atoms with Gasteiger partial charge in [-0.05, 0) is 27.0 Å². The molecule has 1 aromatic rings. The van der Waals surface area contributed by atoms with E-state index in [1.54, 1.807) is 39.1 Å². The fourth-order valence-electron chi connectivity index (χ4n) is 1.17. The van der Waals surface area contributed by atoms with E-state index in [0.29, 0.717) is 12.1 Å². The lowest BCUT2D eigenvalue weighted by Crippen LogP contribution is -2.50. The number of carbonyl (C=O) groups excluding carboxylic acids is 1. The Balaban J connectivity index is 2.59. The molecule has 0 atom stereocenters. The number of phenolic OH excluding ortho intramolecular Hbond substituents is 1. The molecule has 16 heavy (non-hydrogen) atoms. The van der Waals surface area contributed by atoms with E-state index in [1.807, 2.05) is 6.07 Å². The molecule has 0 fully saturated rings. The topological polar surface area (TPSA) is 61.4 Å². The maximum atomic E-state index is 11.7. The van der Waals surface area contributed by atoms with Crippen LogP contribution in [0.3, 0.4) is 0 Å². The van der Waals surface area contributed by atoms with Crippen LogP contribution in [0.5, 0.6) is 5.75 Å². The standard InChI is InChI=1S/C12H18N2O2/c1-12(2,13-3)11(16)14-8-9-6-4-5-7-10(9)15/h4-7,13,15H,8H2,1-3H3,(H,14,16). The number of likely N-dealkylation sites (N-methyl/N-ethyl adjacent to an activating group) is 1. The van der Waals surface area contributed by atoms with Crippen LogP contribution in [0, 0.1) is 0 Å². The van der Waals surface area contributed by atoms with Gasteiger partial charge in [0.25, 0.3) is 0 Å². The minimum Gasteiger partial charge on any atom is -0.508 e. The second kappa shape index (κ2) is 4.99. The molecule has 0 saturated heterocycles. The lowest BCUT2D eigenvalue weighted by molar-refractivity contribution is -0.126. The number of aromatic hydroxyl groups is 1. The molecule has 4 heteroatoms. The average molecular weight is 222 g/mol. The minimum atomic E-state index is -0.607. The van der Waals surface area contributed by atoms with E-state index >= 15 is 0 Å². The fourth-order valence-corrected chi connectivity index (χ4v) is 1.17. The Labute approximate surface area is 95.7 Å². The van der Waals surface area contributed by atoms with Crippen LogP contribution in [0.15, 0.2) is 24.3 Å². The van der Waals surface area contributed by atoms with E-state index in [0.717, 1.165) is 0 Å². The molecular weight excluding hydrogens is 204 g/mol. The summed E-state index contributed by atoms with van der Waals surface area (Å²) in [4.78, 5) is 11.7. The van der Waals surface area contributed by atoms with Gasteiger partial charge in [-0.1, -0.05) is 18.2 Å². The highest BCUT2D eigenvalue weighted by Gasteiger charge is 2.24. The number of hydrogen-bond acceptors (Lipinski definition) is 3. The Morgan fingerprint density at radius 1 is 1.38 bits per heavy atom. The number of hydrogen-bond donors (Lipinski definition) is 3. The minimum absolute atomic E-state index is 0.0988. The molecule has 0 radical (unpaired) electrons. The molecule has 0 saturated carbocycles. The van der Waals surface area contributed by atoms with Crippen LogP contribution in [0.1, 0.15) is 19.4 Å². The monoisotopic (exact) mass is 222 g/mol. The maximum Gasteiger partial charge on any atom is 0.239 e. The zero-order valence-electron chi connectivity index (χ0n) is 9.87. The Bertz CT molecular complexity index is 375. The number of carbonyl (C=O) groups is 1. The lowest BCUT2D eigenvalue weighted by atomic mass is 10.1. The van der Waals surface area contributed by atoms with Crippen molar-refractivity contribution in [3.8, 4) is 5.75 Å². The van der Waals surface area contributed by atoms with Crippen molar-refractivity contribution in [3.05, 3.63) is 29.8 Å². The second-order valence-electron chi connectivity index (χ2n) is 4.19. The molecular formula is C12H18N2O2. The van der Waals surface area contributed by atoms with E-state index in [2.05, 4.69) is 10.6 Å². The van der Waals surface area contributed by atoms with Crippen molar-refractivity contribution >= 4 is 5.91 Å². The second-order valence-corrected chi connectivity index (χ2v) is 4.19. The van der Waals surface area contributed by atoms with Crippen molar-refractivity contribution in [1.29, 1.82) is 0 Å². The maximum absolute atomic E-state index is 11.7. The molecule has 0 bridgehead atoms. The number of rotatable bonds is 4. The SMILES string of the molecule is CNC(C)(C)C(=O)NCc1ccccc1O. The van der Waals surface area contributed by atoms with Crippen LogP contribution < -0.4 is 10.6 Å². The predicted octanol–water partition coefficient (Wildman–Crippen LogP) is 1.01. The molecule has 0 spiro atoms. The Morgan fingerprint density at radius 2 is 2.00 bits per heavy atom. The lowest BCUT2D eigenvalue weighted by Gasteiger charge is -2.22. The molecule has 88 valence electrons. The molecule has 1 amide bonds. The summed E-state index contributed by atoms with van der Waals surface area (Å²) in [7, 11) is 1.74. The molecule has 1 aromatic carbocycles. The van der Waals surface area contributed by atoms with Gasteiger partial charge in [0.2, 0.25) is 5.91 Å². The average Bonchev–Trinajstić information content (AvgIpc) is 2.27. The molecule has 0 aromatic heterocycles. The van der Waals surface area contributed by atoms with Crippen molar-refractivity contribution in [1.82, 2.24) is 10.6 Å². The summed E-state index contributed by atoms with van der Waals surface area (Å²) in [5.41, 5.74) is 0.104. The van der Waals surface area contributed by atoms with E-state index in [-0.39, 0.29) is 11.7 Å². The molecule has 0 aliphatic rings. The van der Waals surface area contributed by atoms with Crippen molar-refractivity contribution in [3.63, 3.8) is 0 Å². The third-order valence-electron chi connectivity index (χ3n) is 2.62. The van der Waals surface area contributed by atoms with Crippen LogP contribution in [0.4, 0.5) is 0 Å². The largest absolute Gasteiger partial charge is 0.508 e. The van der Waals surface area contributed by atoms with Crippen LogP contribution in [-0.2, 0) is 11.3 Å². The molecule has 0 unspecified atom stereocenters. The van der Waals surface area contributed by atoms with Crippen molar-refractivity contribution in [2.24, 2.45) is 0 Å². The van der Waals surface area contributed by atoms with E-state index in [9.17, 15) is 9.90 Å². The summed E-state index contributed by atoms with van der Waals surface area (Å²) in [6.07, 6.45) is 0. The smallest absolute Gasteiger partial charge is 0.239 e. The molecule has 0 aliphatic carbocycles. The van der Waals surface area contributed by atoms with Gasteiger partial charge in [0, 0.05) is 12.1 Å². The third-order valence-corrected chi connectivity index (χ3v) is 2.62. The van der Waals surface area contributed by atoms with Crippen molar-refractivity contribution in [2.45, 2.75) is 25.9 Å². The van der Waals surface area contributed by atoms with E-state index in [4.69, 9.17) is 0 Å². The molecule has 4 nitrogen and oxygen atoms in total. The third kappa shape index (κ3) is 2.97. The molecule has 1 rings (SSSR count). The fraction of sp³-hybridized carbons (Fsp3) is 0.417. The molecule has 3 N–H and O–H groups in total. The Kier molecular flexibility index (Phi) is 3.90. The summed E-state index contributed by atoms with van der Waals surface area (Å²) in [5, 5.41) is 15.2. The quantitative estimate of drug-likeness (QED) is 0.712. The van der Waals surface area contributed by atoms with Gasteiger partial charge in [-0.25, -0.2) is 0 Å².